The maximum Gasteiger partial charge on any atom is 0.0153 e. The summed E-state index contributed by atoms with van der Waals surface area (Å²) in [5.74, 6) is 0. The SMILES string of the molecule is CC1(NCCCCCCCN)CCC1. The fourth-order valence-electron chi connectivity index (χ4n) is 2.07. The van der Waals surface area contributed by atoms with E-state index in [1.807, 2.05) is 0 Å². The quantitative estimate of drug-likeness (QED) is 0.588. The molecule has 0 amide bonds. The van der Waals surface area contributed by atoms with Crippen LogP contribution in [0.15, 0.2) is 0 Å². The molecule has 0 unspecified atom stereocenters. The smallest absolute Gasteiger partial charge is 0.0153 e. The molecule has 1 aliphatic carbocycles. The van der Waals surface area contributed by atoms with Crippen molar-refractivity contribution < 1.29 is 0 Å². The molecule has 2 nitrogen and oxygen atoms in total. The van der Waals surface area contributed by atoms with E-state index in [9.17, 15) is 0 Å². The largest absolute Gasteiger partial charge is 0.330 e. The summed E-state index contributed by atoms with van der Waals surface area (Å²) in [4.78, 5) is 0. The molecule has 0 aromatic heterocycles. The van der Waals surface area contributed by atoms with Crippen LogP contribution in [0.1, 0.15) is 58.3 Å². The molecule has 0 spiro atoms. The highest BCUT2D eigenvalue weighted by molar-refractivity contribution is 4.91. The first-order valence-corrected chi connectivity index (χ1v) is 6.22. The molecule has 0 saturated heterocycles. The van der Waals surface area contributed by atoms with Gasteiger partial charge in [0.1, 0.15) is 0 Å². The summed E-state index contributed by atoms with van der Waals surface area (Å²) in [6.07, 6.45) is 10.7. The summed E-state index contributed by atoms with van der Waals surface area (Å²) < 4.78 is 0. The molecule has 14 heavy (non-hydrogen) atoms. The fraction of sp³-hybridized carbons (Fsp3) is 1.00. The molecule has 0 aliphatic heterocycles. The predicted molar refractivity (Wildman–Crippen MR) is 62.4 cm³/mol. The third-order valence-corrected chi connectivity index (χ3v) is 3.39. The third kappa shape index (κ3) is 4.43. The monoisotopic (exact) mass is 198 g/mol. The van der Waals surface area contributed by atoms with Crippen LogP contribution >= 0.6 is 0 Å². The minimum absolute atomic E-state index is 0.497. The zero-order chi connectivity index (χ0) is 10.3. The van der Waals surface area contributed by atoms with Gasteiger partial charge < -0.3 is 11.1 Å². The highest BCUT2D eigenvalue weighted by Crippen LogP contribution is 2.30. The second-order valence-corrected chi connectivity index (χ2v) is 4.90. The summed E-state index contributed by atoms with van der Waals surface area (Å²) in [6, 6.07) is 0. The maximum absolute atomic E-state index is 5.44. The van der Waals surface area contributed by atoms with Crippen molar-refractivity contribution in [3.63, 3.8) is 0 Å². The molecule has 1 aliphatic rings. The van der Waals surface area contributed by atoms with E-state index in [2.05, 4.69) is 12.2 Å². The van der Waals surface area contributed by atoms with Gasteiger partial charge in [-0.25, -0.2) is 0 Å². The van der Waals surface area contributed by atoms with Crippen molar-refractivity contribution >= 4 is 0 Å². The van der Waals surface area contributed by atoms with Crippen molar-refractivity contribution in [3.8, 4) is 0 Å². The van der Waals surface area contributed by atoms with E-state index in [4.69, 9.17) is 5.73 Å². The minimum Gasteiger partial charge on any atom is -0.330 e. The number of rotatable bonds is 8. The van der Waals surface area contributed by atoms with Gasteiger partial charge in [0.05, 0.1) is 0 Å². The van der Waals surface area contributed by atoms with Gasteiger partial charge >= 0.3 is 0 Å². The molecular formula is C12H26N2. The number of unbranched alkanes of at least 4 members (excludes halogenated alkanes) is 4. The molecule has 1 saturated carbocycles. The molecule has 1 rings (SSSR count). The first-order valence-electron chi connectivity index (χ1n) is 6.22. The summed E-state index contributed by atoms with van der Waals surface area (Å²) in [7, 11) is 0. The van der Waals surface area contributed by atoms with E-state index in [0.29, 0.717) is 5.54 Å². The van der Waals surface area contributed by atoms with Crippen LogP contribution in [0.3, 0.4) is 0 Å². The Bertz CT molecular complexity index is 141. The minimum atomic E-state index is 0.497. The molecule has 1 fully saturated rings. The summed E-state index contributed by atoms with van der Waals surface area (Å²) >= 11 is 0. The van der Waals surface area contributed by atoms with Gasteiger partial charge in [0.2, 0.25) is 0 Å². The maximum atomic E-state index is 5.44. The number of hydrogen-bond donors (Lipinski definition) is 2. The van der Waals surface area contributed by atoms with Gasteiger partial charge in [-0.05, 0) is 52.1 Å². The van der Waals surface area contributed by atoms with Gasteiger partial charge in [0.15, 0.2) is 0 Å². The first kappa shape index (κ1) is 12.0. The Labute approximate surface area is 88.6 Å². The van der Waals surface area contributed by atoms with Crippen molar-refractivity contribution in [3.05, 3.63) is 0 Å². The van der Waals surface area contributed by atoms with E-state index in [1.165, 1.54) is 57.9 Å². The Balaban J connectivity index is 1.80. The van der Waals surface area contributed by atoms with Gasteiger partial charge in [0, 0.05) is 5.54 Å². The normalized spacial score (nSPS) is 19.3. The summed E-state index contributed by atoms with van der Waals surface area (Å²) in [5, 5.41) is 3.66. The van der Waals surface area contributed by atoms with Gasteiger partial charge in [-0.15, -0.1) is 0 Å². The Morgan fingerprint density at radius 2 is 1.71 bits per heavy atom. The van der Waals surface area contributed by atoms with Gasteiger partial charge in [-0.2, -0.15) is 0 Å². The average Bonchev–Trinajstić information content (AvgIpc) is 2.14. The predicted octanol–water partition coefficient (Wildman–Crippen LogP) is 2.43. The van der Waals surface area contributed by atoms with E-state index >= 15 is 0 Å². The van der Waals surface area contributed by atoms with Crippen molar-refractivity contribution in [1.29, 1.82) is 0 Å². The molecule has 0 radical (unpaired) electrons. The zero-order valence-electron chi connectivity index (χ0n) is 9.65. The van der Waals surface area contributed by atoms with E-state index in [-0.39, 0.29) is 0 Å². The number of hydrogen-bond acceptors (Lipinski definition) is 2. The second kappa shape index (κ2) is 6.41. The second-order valence-electron chi connectivity index (χ2n) is 4.90. The number of nitrogens with two attached hydrogens (primary N) is 1. The lowest BCUT2D eigenvalue weighted by Gasteiger charge is -2.39. The average molecular weight is 198 g/mol. The van der Waals surface area contributed by atoms with Crippen LogP contribution in [0.5, 0.6) is 0 Å². The first-order chi connectivity index (χ1) is 6.77. The van der Waals surface area contributed by atoms with Crippen LogP contribution in [-0.2, 0) is 0 Å². The van der Waals surface area contributed by atoms with E-state index < -0.39 is 0 Å². The van der Waals surface area contributed by atoms with Crippen molar-refractivity contribution in [2.24, 2.45) is 5.73 Å². The van der Waals surface area contributed by atoms with Crippen molar-refractivity contribution in [2.45, 2.75) is 63.8 Å². The number of nitrogens with one attached hydrogen (secondary N) is 1. The molecule has 2 heteroatoms. The molecule has 0 atom stereocenters. The lowest BCUT2D eigenvalue weighted by Crippen LogP contribution is -2.48. The molecule has 0 aromatic carbocycles. The van der Waals surface area contributed by atoms with Crippen LogP contribution in [-0.4, -0.2) is 18.6 Å². The Hall–Kier alpha value is -0.0800. The molecular weight excluding hydrogens is 172 g/mol. The highest BCUT2D eigenvalue weighted by Gasteiger charge is 2.30. The summed E-state index contributed by atoms with van der Waals surface area (Å²) in [5.41, 5.74) is 5.94. The topological polar surface area (TPSA) is 38.0 Å². The van der Waals surface area contributed by atoms with Crippen LogP contribution in [0.25, 0.3) is 0 Å². The van der Waals surface area contributed by atoms with Crippen LogP contribution in [0.2, 0.25) is 0 Å². The Kier molecular flexibility index (Phi) is 5.49. The summed E-state index contributed by atoms with van der Waals surface area (Å²) in [6.45, 7) is 4.42. The molecule has 0 aromatic rings. The van der Waals surface area contributed by atoms with E-state index in [0.717, 1.165) is 6.54 Å². The standard InChI is InChI=1S/C12H26N2/c1-12(8-7-9-12)14-11-6-4-2-3-5-10-13/h14H,2-11,13H2,1H3. The molecule has 0 heterocycles. The van der Waals surface area contributed by atoms with Gasteiger partial charge in [0.25, 0.3) is 0 Å². The van der Waals surface area contributed by atoms with Crippen LogP contribution in [0, 0.1) is 0 Å². The van der Waals surface area contributed by atoms with Gasteiger partial charge in [-0.1, -0.05) is 19.3 Å². The lowest BCUT2D eigenvalue weighted by atomic mass is 9.78. The van der Waals surface area contributed by atoms with Gasteiger partial charge in [-0.3, -0.25) is 0 Å². The fourth-order valence-corrected chi connectivity index (χ4v) is 2.07. The van der Waals surface area contributed by atoms with Crippen LogP contribution in [0.4, 0.5) is 0 Å². The van der Waals surface area contributed by atoms with Crippen molar-refractivity contribution in [1.82, 2.24) is 5.32 Å². The lowest BCUT2D eigenvalue weighted by molar-refractivity contribution is 0.208. The van der Waals surface area contributed by atoms with Crippen LogP contribution < -0.4 is 11.1 Å². The molecule has 0 bridgehead atoms. The highest BCUT2D eigenvalue weighted by atomic mass is 15.0. The third-order valence-electron chi connectivity index (χ3n) is 3.39. The Morgan fingerprint density at radius 3 is 2.29 bits per heavy atom. The molecule has 84 valence electrons. The van der Waals surface area contributed by atoms with Crippen molar-refractivity contribution in [2.75, 3.05) is 13.1 Å². The molecule has 3 N–H and O–H groups in total. The van der Waals surface area contributed by atoms with E-state index in [1.54, 1.807) is 0 Å². The zero-order valence-corrected chi connectivity index (χ0v) is 9.65. The Morgan fingerprint density at radius 1 is 1.07 bits per heavy atom.